The third-order valence-corrected chi connectivity index (χ3v) is 3.20. The number of aromatic nitrogens is 4. The number of H-pyrrole nitrogens is 1. The number of nitrogens with zero attached hydrogens (tertiary/aromatic N) is 3. The Labute approximate surface area is 130 Å². The first-order valence-corrected chi connectivity index (χ1v) is 6.83. The number of halogens is 1. The van der Waals surface area contributed by atoms with Crippen molar-refractivity contribution in [2.45, 2.75) is 6.54 Å². The molecule has 7 heteroatoms. The van der Waals surface area contributed by atoms with Crippen LogP contribution in [0.1, 0.15) is 21.7 Å². The van der Waals surface area contributed by atoms with Crippen LogP contribution in [0.25, 0.3) is 5.76 Å². The van der Waals surface area contributed by atoms with Crippen molar-refractivity contribution >= 4 is 11.5 Å². The maximum absolute atomic E-state index is 13.2. The van der Waals surface area contributed by atoms with Crippen LogP contribution in [0.4, 0.5) is 4.39 Å². The lowest BCUT2D eigenvalue weighted by Gasteiger charge is -2.02. The van der Waals surface area contributed by atoms with Crippen LogP contribution in [-0.2, 0) is 6.54 Å². The highest BCUT2D eigenvalue weighted by Crippen LogP contribution is 2.11. The molecule has 0 aliphatic heterocycles. The maximum atomic E-state index is 13.2. The molecule has 0 saturated carbocycles. The van der Waals surface area contributed by atoms with E-state index in [2.05, 4.69) is 15.2 Å². The molecule has 2 heterocycles. The van der Waals surface area contributed by atoms with E-state index in [-0.39, 0.29) is 23.2 Å². The molecule has 23 heavy (non-hydrogen) atoms. The van der Waals surface area contributed by atoms with Gasteiger partial charge in [0.2, 0.25) is 5.82 Å². The summed E-state index contributed by atoms with van der Waals surface area (Å²) in [6, 6.07) is 7.89. The Hall–Kier alpha value is -3.22. The minimum absolute atomic E-state index is 0.0533. The lowest BCUT2D eigenvalue weighted by atomic mass is 10.2. The first kappa shape index (κ1) is 14.7. The summed E-state index contributed by atoms with van der Waals surface area (Å²) < 4.78 is 14.9. The number of aromatic amines is 1. The lowest BCUT2D eigenvalue weighted by molar-refractivity contribution is 0.104. The predicted molar refractivity (Wildman–Crippen MR) is 81.3 cm³/mol. The van der Waals surface area contributed by atoms with E-state index in [1.807, 2.05) is 0 Å². The molecule has 1 aromatic carbocycles. The van der Waals surface area contributed by atoms with Crippen molar-refractivity contribution < 1.29 is 14.3 Å². The van der Waals surface area contributed by atoms with Crippen LogP contribution in [0.15, 0.2) is 55.1 Å². The molecule has 0 bridgehead atoms. The zero-order chi connectivity index (χ0) is 16.2. The number of rotatable bonds is 5. The molecule has 0 aliphatic carbocycles. The minimum atomic E-state index is -0.370. The van der Waals surface area contributed by atoms with Gasteiger partial charge in [-0.2, -0.15) is 5.10 Å². The average Bonchev–Trinajstić information content (AvgIpc) is 3.18. The van der Waals surface area contributed by atoms with E-state index in [1.165, 1.54) is 18.5 Å². The van der Waals surface area contributed by atoms with Crippen LogP contribution in [0.2, 0.25) is 0 Å². The van der Waals surface area contributed by atoms with Gasteiger partial charge in [-0.3, -0.25) is 9.89 Å². The summed E-state index contributed by atoms with van der Waals surface area (Å²) in [5, 5.41) is 15.9. The van der Waals surface area contributed by atoms with Gasteiger partial charge in [-0.05, 0) is 23.8 Å². The molecule has 0 atom stereocenters. The number of benzene rings is 1. The summed E-state index contributed by atoms with van der Waals surface area (Å²) in [6.45, 7) is 0.446. The number of ketones is 1. The summed E-state index contributed by atoms with van der Waals surface area (Å²) in [7, 11) is 0. The zero-order valence-electron chi connectivity index (χ0n) is 12.0. The van der Waals surface area contributed by atoms with E-state index in [1.54, 1.807) is 35.2 Å². The second kappa shape index (κ2) is 6.27. The van der Waals surface area contributed by atoms with Gasteiger partial charge in [-0.15, -0.1) is 0 Å². The van der Waals surface area contributed by atoms with Crippen LogP contribution in [0.5, 0.6) is 0 Å². The van der Waals surface area contributed by atoms with Gasteiger partial charge in [-0.1, -0.05) is 12.1 Å². The van der Waals surface area contributed by atoms with Gasteiger partial charge in [-0.25, -0.2) is 9.37 Å². The predicted octanol–water partition coefficient (Wildman–Crippen LogP) is 2.58. The zero-order valence-corrected chi connectivity index (χ0v) is 12.0. The minimum Gasteiger partial charge on any atom is -0.504 e. The first-order chi connectivity index (χ1) is 11.1. The third-order valence-electron chi connectivity index (χ3n) is 3.20. The van der Waals surface area contributed by atoms with Crippen LogP contribution in [-0.4, -0.2) is 30.6 Å². The van der Waals surface area contributed by atoms with Crippen LogP contribution < -0.4 is 0 Å². The van der Waals surface area contributed by atoms with Crippen molar-refractivity contribution in [3.8, 4) is 0 Å². The smallest absolute Gasteiger partial charge is 0.215 e. The van der Waals surface area contributed by atoms with Gasteiger partial charge in [0.25, 0.3) is 0 Å². The number of carbonyl (C=O) groups excluding carboxylic acids is 1. The number of allylic oxidation sites excluding steroid dienone is 1. The summed E-state index contributed by atoms with van der Waals surface area (Å²) in [5.74, 6) is -0.928. The number of hydrogen-bond donors (Lipinski definition) is 2. The van der Waals surface area contributed by atoms with E-state index in [0.29, 0.717) is 12.1 Å². The maximum Gasteiger partial charge on any atom is 0.215 e. The molecule has 0 saturated heterocycles. The van der Waals surface area contributed by atoms with Gasteiger partial charge in [0.1, 0.15) is 12.1 Å². The second-order valence-corrected chi connectivity index (χ2v) is 4.92. The van der Waals surface area contributed by atoms with Crippen molar-refractivity contribution in [1.82, 2.24) is 19.7 Å². The largest absolute Gasteiger partial charge is 0.504 e. The van der Waals surface area contributed by atoms with Crippen molar-refractivity contribution in [2.24, 2.45) is 0 Å². The Balaban J connectivity index is 1.74. The molecule has 2 aromatic heterocycles. The molecule has 0 amide bonds. The molecular formula is C16H13FN4O2. The van der Waals surface area contributed by atoms with Crippen molar-refractivity contribution in [3.05, 3.63) is 77.9 Å². The third kappa shape index (κ3) is 3.52. The molecule has 3 aromatic rings. The number of aliphatic hydroxyl groups is 1. The van der Waals surface area contributed by atoms with Gasteiger partial charge >= 0.3 is 0 Å². The average molecular weight is 312 g/mol. The molecule has 3 rings (SSSR count). The Morgan fingerprint density at radius 3 is 3.00 bits per heavy atom. The van der Waals surface area contributed by atoms with E-state index in [4.69, 9.17) is 0 Å². The molecule has 2 N–H and O–H groups in total. The number of aliphatic hydroxyl groups excluding tert-OH is 1. The molecule has 0 unspecified atom stereocenters. The highest BCUT2D eigenvalue weighted by molar-refractivity contribution is 6.07. The molecule has 0 aliphatic rings. The fraction of sp³-hybridized carbons (Fsp3) is 0.0625. The highest BCUT2D eigenvalue weighted by Gasteiger charge is 2.10. The Bertz CT molecular complexity index is 853. The van der Waals surface area contributed by atoms with Crippen molar-refractivity contribution in [3.63, 3.8) is 0 Å². The standard InChI is InChI=1S/C16H13FN4O2/c17-13-3-1-2-11(6-13)8-21-5-4-12(9-21)14(22)7-15(23)16-18-10-19-20-16/h1-7,9-10,23H,8H2,(H,18,19,20). The SMILES string of the molecule is O=C(C=C(O)c1nc[nH]n1)c1ccn(Cc2cccc(F)c2)c1. The second-order valence-electron chi connectivity index (χ2n) is 4.92. The van der Waals surface area contributed by atoms with Gasteiger partial charge in [0.05, 0.1) is 0 Å². The summed E-state index contributed by atoms with van der Waals surface area (Å²) in [6.07, 6.45) is 5.72. The van der Waals surface area contributed by atoms with Gasteiger partial charge in [0.15, 0.2) is 11.5 Å². The van der Waals surface area contributed by atoms with E-state index >= 15 is 0 Å². The first-order valence-electron chi connectivity index (χ1n) is 6.83. The Morgan fingerprint density at radius 1 is 1.39 bits per heavy atom. The number of carbonyl (C=O) groups is 1. The molecule has 0 spiro atoms. The summed E-state index contributed by atoms with van der Waals surface area (Å²) in [4.78, 5) is 15.8. The quantitative estimate of drug-likeness (QED) is 0.431. The van der Waals surface area contributed by atoms with Gasteiger partial charge < -0.3 is 9.67 Å². The monoisotopic (exact) mass is 312 g/mol. The van der Waals surface area contributed by atoms with Crippen molar-refractivity contribution in [1.29, 1.82) is 0 Å². The molecule has 116 valence electrons. The molecule has 0 fully saturated rings. The number of nitrogens with one attached hydrogen (secondary N) is 1. The fourth-order valence-corrected chi connectivity index (χ4v) is 2.14. The topological polar surface area (TPSA) is 83.8 Å². The van der Waals surface area contributed by atoms with Crippen LogP contribution in [0.3, 0.4) is 0 Å². The van der Waals surface area contributed by atoms with Crippen molar-refractivity contribution in [2.75, 3.05) is 0 Å². The molecule has 0 radical (unpaired) electrons. The normalized spacial score (nSPS) is 11.6. The van der Waals surface area contributed by atoms with E-state index in [9.17, 15) is 14.3 Å². The van der Waals surface area contributed by atoms with Crippen LogP contribution >= 0.6 is 0 Å². The van der Waals surface area contributed by atoms with E-state index in [0.717, 1.165) is 11.6 Å². The van der Waals surface area contributed by atoms with Gasteiger partial charge in [0, 0.05) is 30.6 Å². The highest BCUT2D eigenvalue weighted by atomic mass is 19.1. The Kier molecular flexibility index (Phi) is 4.01. The summed E-state index contributed by atoms with van der Waals surface area (Å²) in [5.41, 5.74) is 1.20. The molecule has 6 nitrogen and oxygen atoms in total. The van der Waals surface area contributed by atoms with Crippen LogP contribution in [0, 0.1) is 5.82 Å². The fourth-order valence-electron chi connectivity index (χ4n) is 2.14. The van der Waals surface area contributed by atoms with E-state index < -0.39 is 0 Å². The summed E-state index contributed by atoms with van der Waals surface area (Å²) >= 11 is 0. The molecular weight excluding hydrogens is 299 g/mol. The number of hydrogen-bond acceptors (Lipinski definition) is 4. The Morgan fingerprint density at radius 2 is 2.26 bits per heavy atom. The lowest BCUT2D eigenvalue weighted by Crippen LogP contribution is -1.99.